The van der Waals surface area contributed by atoms with Gasteiger partial charge in [0.15, 0.2) is 5.78 Å². The van der Waals surface area contributed by atoms with E-state index in [4.69, 9.17) is 11.6 Å². The first kappa shape index (κ1) is 17.4. The van der Waals surface area contributed by atoms with E-state index >= 15 is 0 Å². The lowest BCUT2D eigenvalue weighted by Gasteiger charge is -2.21. The van der Waals surface area contributed by atoms with Gasteiger partial charge in [-0.2, -0.15) is 5.10 Å². The Labute approximate surface area is 148 Å². The van der Waals surface area contributed by atoms with E-state index in [1.165, 1.54) is 18.4 Å². The summed E-state index contributed by atoms with van der Waals surface area (Å²) in [5, 5.41) is 6.24. The van der Waals surface area contributed by atoms with Crippen LogP contribution in [0.2, 0.25) is 5.02 Å². The van der Waals surface area contributed by atoms with Crippen molar-refractivity contribution in [3.8, 4) is 0 Å². The number of hydrogen-bond donors (Lipinski definition) is 0. The lowest BCUT2D eigenvalue weighted by atomic mass is 9.85. The van der Waals surface area contributed by atoms with E-state index in [0.29, 0.717) is 18.0 Å². The van der Waals surface area contributed by atoms with Gasteiger partial charge in [0.1, 0.15) is 0 Å². The molecule has 1 aliphatic rings. The summed E-state index contributed by atoms with van der Waals surface area (Å²) in [6.07, 6.45) is 2.74. The van der Waals surface area contributed by atoms with Gasteiger partial charge in [-0.15, -0.1) is 0 Å². The zero-order valence-corrected chi connectivity index (χ0v) is 15.8. The Bertz CT molecular complexity index is 767. The van der Waals surface area contributed by atoms with Crippen molar-refractivity contribution >= 4 is 28.3 Å². The molecule has 4 nitrogen and oxygen atoms in total. The van der Waals surface area contributed by atoms with Gasteiger partial charge in [-0.25, -0.2) is 0 Å². The fourth-order valence-electron chi connectivity index (χ4n) is 3.62. The Morgan fingerprint density at radius 3 is 2.54 bits per heavy atom. The van der Waals surface area contributed by atoms with Gasteiger partial charge >= 0.3 is 0 Å². The number of carbonyl (C=O) groups excluding carboxylic acids is 1. The number of carbonyl (C=O) groups is 1. The average molecular weight is 348 g/mol. The third-order valence-corrected chi connectivity index (χ3v) is 5.10. The van der Waals surface area contributed by atoms with Gasteiger partial charge in [0.25, 0.3) is 0 Å². The molecular formula is C19H26ClN3O. The fraction of sp³-hybridized carbons (Fsp3) is 0.579. The number of benzene rings is 1. The van der Waals surface area contributed by atoms with Crippen LogP contribution in [0.25, 0.3) is 10.9 Å². The quantitative estimate of drug-likeness (QED) is 0.845. The molecule has 3 rings (SSSR count). The van der Waals surface area contributed by atoms with Crippen molar-refractivity contribution in [2.45, 2.75) is 45.4 Å². The summed E-state index contributed by atoms with van der Waals surface area (Å²) < 4.78 is 1.88. The number of aromatic nitrogens is 2. The van der Waals surface area contributed by atoms with Gasteiger partial charge in [0, 0.05) is 12.4 Å². The number of likely N-dealkylation sites (tertiary alicyclic amines) is 1. The number of Topliss-reactive ketones (excluding diaryl/α,β-unsaturated/α-hetero) is 1. The highest BCUT2D eigenvalue weighted by molar-refractivity contribution is 6.35. The van der Waals surface area contributed by atoms with Crippen molar-refractivity contribution in [1.29, 1.82) is 0 Å². The van der Waals surface area contributed by atoms with Crippen LogP contribution in [0.5, 0.6) is 0 Å². The van der Waals surface area contributed by atoms with E-state index in [-0.39, 0.29) is 11.2 Å². The van der Waals surface area contributed by atoms with Gasteiger partial charge in [0.05, 0.1) is 29.2 Å². The topological polar surface area (TPSA) is 38.1 Å². The second kappa shape index (κ2) is 6.49. The van der Waals surface area contributed by atoms with Crippen LogP contribution in [0.4, 0.5) is 0 Å². The summed E-state index contributed by atoms with van der Waals surface area (Å²) in [6, 6.07) is 4.00. The van der Waals surface area contributed by atoms with Crippen molar-refractivity contribution in [2.24, 2.45) is 7.05 Å². The third-order valence-electron chi connectivity index (χ3n) is 4.78. The number of ketones is 1. The maximum Gasteiger partial charge on any atom is 0.152 e. The summed E-state index contributed by atoms with van der Waals surface area (Å²) in [5.74, 6) is 0.217. The average Bonchev–Trinajstić information content (AvgIpc) is 3.07. The van der Waals surface area contributed by atoms with Crippen molar-refractivity contribution < 1.29 is 4.79 Å². The molecule has 0 unspecified atom stereocenters. The number of aryl methyl sites for hydroxylation is 1. The smallest absolute Gasteiger partial charge is 0.152 e. The molecule has 0 saturated carbocycles. The highest BCUT2D eigenvalue weighted by Crippen LogP contribution is 2.35. The molecule has 0 spiro atoms. The zero-order chi connectivity index (χ0) is 17.5. The van der Waals surface area contributed by atoms with Gasteiger partial charge < -0.3 is 0 Å². The molecule has 0 radical (unpaired) electrons. The van der Waals surface area contributed by atoms with Crippen molar-refractivity contribution in [3.63, 3.8) is 0 Å². The number of fused-ring (bicyclic) bond motifs is 1. The van der Waals surface area contributed by atoms with E-state index in [1.807, 2.05) is 17.8 Å². The van der Waals surface area contributed by atoms with Crippen LogP contribution in [0.3, 0.4) is 0 Å². The summed E-state index contributed by atoms with van der Waals surface area (Å²) in [7, 11) is 1.93. The van der Waals surface area contributed by atoms with Crippen LogP contribution in [0.15, 0.2) is 12.1 Å². The maximum absolute atomic E-state index is 12.5. The second-order valence-corrected chi connectivity index (χ2v) is 8.24. The number of nitrogens with zero attached hydrogens (tertiary/aromatic N) is 3. The van der Waals surface area contributed by atoms with Crippen LogP contribution < -0.4 is 0 Å². The van der Waals surface area contributed by atoms with Crippen molar-refractivity contribution in [2.75, 3.05) is 19.6 Å². The summed E-state index contributed by atoms with van der Waals surface area (Å²) >= 11 is 6.48. The normalized spacial score (nSPS) is 16.2. The molecule has 1 aromatic heterocycles. The summed E-state index contributed by atoms with van der Waals surface area (Å²) in [5.41, 5.74) is 3.04. The molecule has 0 N–H and O–H groups in total. The van der Waals surface area contributed by atoms with Gasteiger partial charge in [-0.05, 0) is 43.0 Å². The predicted molar refractivity (Wildman–Crippen MR) is 98.8 cm³/mol. The van der Waals surface area contributed by atoms with Crippen molar-refractivity contribution in [1.82, 2.24) is 14.7 Å². The SMILES string of the molecule is Cn1nc(CC(=O)CN2CCCC2)c2c(Cl)ccc(C(C)(C)C)c21. The Morgan fingerprint density at radius 1 is 1.25 bits per heavy atom. The standard InChI is InChI=1S/C19H26ClN3O/c1-19(2,3)14-7-8-15(20)17-16(21-22(4)18(14)17)11-13(24)12-23-9-5-6-10-23/h7-8H,5-6,9-12H2,1-4H3. The molecule has 0 aliphatic carbocycles. The minimum Gasteiger partial charge on any atom is -0.298 e. The van der Waals surface area contributed by atoms with Crippen LogP contribution >= 0.6 is 11.6 Å². The maximum atomic E-state index is 12.5. The highest BCUT2D eigenvalue weighted by Gasteiger charge is 2.24. The molecule has 2 aromatic rings. The minimum atomic E-state index is -0.00649. The van der Waals surface area contributed by atoms with E-state index < -0.39 is 0 Å². The van der Waals surface area contributed by atoms with Crippen LogP contribution in [0, 0.1) is 0 Å². The van der Waals surface area contributed by atoms with E-state index in [2.05, 4.69) is 36.8 Å². The molecule has 1 saturated heterocycles. The Balaban J connectivity index is 1.95. The molecule has 1 aliphatic heterocycles. The van der Waals surface area contributed by atoms with Gasteiger partial charge in [-0.1, -0.05) is 38.4 Å². The predicted octanol–water partition coefficient (Wildman–Crippen LogP) is 3.73. The lowest BCUT2D eigenvalue weighted by molar-refractivity contribution is -0.119. The van der Waals surface area contributed by atoms with E-state index in [1.54, 1.807) is 0 Å². The summed E-state index contributed by atoms with van der Waals surface area (Å²) in [6.45, 7) is 9.13. The fourth-order valence-corrected chi connectivity index (χ4v) is 3.88. The molecule has 0 amide bonds. The first-order valence-corrected chi connectivity index (χ1v) is 9.04. The lowest BCUT2D eigenvalue weighted by Crippen LogP contribution is -2.27. The molecule has 2 heterocycles. The van der Waals surface area contributed by atoms with Crippen LogP contribution in [-0.2, 0) is 23.7 Å². The first-order chi connectivity index (χ1) is 11.3. The molecule has 24 heavy (non-hydrogen) atoms. The number of hydrogen-bond acceptors (Lipinski definition) is 3. The van der Waals surface area contributed by atoms with Crippen molar-refractivity contribution in [3.05, 3.63) is 28.4 Å². The number of rotatable bonds is 4. The van der Waals surface area contributed by atoms with Gasteiger partial charge in [0.2, 0.25) is 0 Å². The second-order valence-electron chi connectivity index (χ2n) is 7.84. The van der Waals surface area contributed by atoms with E-state index in [9.17, 15) is 4.79 Å². The Morgan fingerprint density at radius 2 is 1.92 bits per heavy atom. The first-order valence-electron chi connectivity index (χ1n) is 8.66. The monoisotopic (exact) mass is 347 g/mol. The largest absolute Gasteiger partial charge is 0.298 e. The molecule has 5 heteroatoms. The molecule has 130 valence electrons. The van der Waals surface area contributed by atoms with Crippen LogP contribution in [0.1, 0.15) is 44.9 Å². The Kier molecular flexibility index (Phi) is 4.71. The molecule has 1 fully saturated rings. The molecule has 0 atom stereocenters. The third kappa shape index (κ3) is 3.35. The minimum absolute atomic E-state index is 0.00649. The number of halogens is 1. The van der Waals surface area contributed by atoms with Gasteiger partial charge in [-0.3, -0.25) is 14.4 Å². The Hall–Kier alpha value is -1.39. The molecule has 0 bridgehead atoms. The van der Waals surface area contributed by atoms with Crippen LogP contribution in [-0.4, -0.2) is 40.1 Å². The van der Waals surface area contributed by atoms with E-state index in [0.717, 1.165) is 29.7 Å². The summed E-state index contributed by atoms with van der Waals surface area (Å²) in [4.78, 5) is 14.7. The highest BCUT2D eigenvalue weighted by atomic mass is 35.5. The molecular weight excluding hydrogens is 322 g/mol. The zero-order valence-electron chi connectivity index (χ0n) is 15.0. The molecule has 1 aromatic carbocycles.